The lowest BCUT2D eigenvalue weighted by atomic mass is 10.1. The van der Waals surface area contributed by atoms with E-state index in [1.807, 2.05) is 6.07 Å². The maximum absolute atomic E-state index is 13.3. The number of benzene rings is 2. The van der Waals surface area contributed by atoms with Crippen molar-refractivity contribution in [2.45, 2.75) is 25.4 Å². The molecule has 0 spiro atoms. The standard InChI is InChI=1S/C17H15FN2/c18-16-7-5-12(9-14(16)10-19)11-20-17-8-6-13-3-1-2-4-15(13)17/h1-5,7,9,17,20H,6,8,11H2. The molecule has 0 saturated carbocycles. The van der Waals surface area contributed by atoms with Crippen LogP contribution in [-0.2, 0) is 13.0 Å². The van der Waals surface area contributed by atoms with Gasteiger partial charge in [0.15, 0.2) is 0 Å². The van der Waals surface area contributed by atoms with Crippen LogP contribution in [0.15, 0.2) is 42.5 Å². The molecular weight excluding hydrogens is 251 g/mol. The molecule has 2 aromatic carbocycles. The first-order chi connectivity index (χ1) is 9.78. The highest BCUT2D eigenvalue weighted by molar-refractivity contribution is 5.36. The summed E-state index contributed by atoms with van der Waals surface area (Å²) in [5.74, 6) is -0.456. The predicted molar refractivity (Wildman–Crippen MR) is 75.5 cm³/mol. The normalized spacial score (nSPS) is 16.7. The van der Waals surface area contributed by atoms with Crippen molar-refractivity contribution < 1.29 is 4.39 Å². The average molecular weight is 266 g/mol. The van der Waals surface area contributed by atoms with Crippen LogP contribution in [0.25, 0.3) is 0 Å². The summed E-state index contributed by atoms with van der Waals surface area (Å²) < 4.78 is 13.3. The molecule has 0 fully saturated rings. The minimum absolute atomic E-state index is 0.108. The monoisotopic (exact) mass is 266 g/mol. The number of nitriles is 1. The van der Waals surface area contributed by atoms with Crippen LogP contribution < -0.4 is 5.32 Å². The molecular formula is C17H15FN2. The molecule has 2 aromatic rings. The first-order valence-electron chi connectivity index (χ1n) is 6.77. The summed E-state index contributed by atoms with van der Waals surface area (Å²) >= 11 is 0. The van der Waals surface area contributed by atoms with E-state index in [9.17, 15) is 4.39 Å². The maximum atomic E-state index is 13.3. The van der Waals surface area contributed by atoms with Crippen LogP contribution in [0.4, 0.5) is 4.39 Å². The second-order valence-corrected chi connectivity index (χ2v) is 5.10. The largest absolute Gasteiger partial charge is 0.306 e. The fraction of sp³-hybridized carbons (Fsp3) is 0.235. The van der Waals surface area contributed by atoms with Gasteiger partial charge in [0.2, 0.25) is 0 Å². The highest BCUT2D eigenvalue weighted by Gasteiger charge is 2.21. The van der Waals surface area contributed by atoms with Crippen molar-refractivity contribution in [2.24, 2.45) is 0 Å². The number of nitrogens with one attached hydrogen (secondary N) is 1. The van der Waals surface area contributed by atoms with Gasteiger partial charge in [0.25, 0.3) is 0 Å². The third-order valence-electron chi connectivity index (χ3n) is 3.84. The van der Waals surface area contributed by atoms with Crippen LogP contribution >= 0.6 is 0 Å². The smallest absolute Gasteiger partial charge is 0.140 e. The van der Waals surface area contributed by atoms with Gasteiger partial charge in [0, 0.05) is 12.6 Å². The van der Waals surface area contributed by atoms with E-state index in [0.29, 0.717) is 12.6 Å². The lowest BCUT2D eigenvalue weighted by Gasteiger charge is -2.14. The molecule has 2 nitrogen and oxygen atoms in total. The summed E-state index contributed by atoms with van der Waals surface area (Å²) in [6, 6.07) is 15.4. The summed E-state index contributed by atoms with van der Waals surface area (Å²) in [6.45, 7) is 0.647. The Balaban J connectivity index is 1.71. The van der Waals surface area contributed by atoms with E-state index in [1.165, 1.54) is 17.2 Å². The molecule has 1 aliphatic carbocycles. The molecule has 1 aliphatic rings. The summed E-state index contributed by atoms with van der Waals surface area (Å²) in [5, 5.41) is 12.3. The quantitative estimate of drug-likeness (QED) is 0.923. The zero-order chi connectivity index (χ0) is 13.9. The van der Waals surface area contributed by atoms with Crippen molar-refractivity contribution >= 4 is 0 Å². The number of nitrogens with zero attached hydrogens (tertiary/aromatic N) is 1. The lowest BCUT2D eigenvalue weighted by molar-refractivity contribution is 0.529. The zero-order valence-corrected chi connectivity index (χ0v) is 11.1. The Morgan fingerprint density at radius 1 is 1.25 bits per heavy atom. The number of fused-ring (bicyclic) bond motifs is 1. The van der Waals surface area contributed by atoms with Crippen molar-refractivity contribution in [3.05, 3.63) is 70.5 Å². The van der Waals surface area contributed by atoms with Gasteiger partial charge in [-0.2, -0.15) is 5.26 Å². The van der Waals surface area contributed by atoms with Gasteiger partial charge in [-0.1, -0.05) is 30.3 Å². The molecule has 0 aliphatic heterocycles. The first kappa shape index (κ1) is 12.8. The molecule has 20 heavy (non-hydrogen) atoms. The number of aryl methyl sites for hydroxylation is 1. The van der Waals surface area contributed by atoms with Crippen molar-refractivity contribution in [3.8, 4) is 6.07 Å². The SMILES string of the molecule is N#Cc1cc(CNC2CCc3ccccc32)ccc1F. The second-order valence-electron chi connectivity index (χ2n) is 5.10. The van der Waals surface area contributed by atoms with E-state index in [1.54, 1.807) is 12.1 Å². The van der Waals surface area contributed by atoms with Crippen molar-refractivity contribution in [1.82, 2.24) is 5.32 Å². The van der Waals surface area contributed by atoms with Crippen LogP contribution in [0.1, 0.15) is 34.7 Å². The van der Waals surface area contributed by atoms with Gasteiger partial charge in [0.1, 0.15) is 11.9 Å². The van der Waals surface area contributed by atoms with Gasteiger partial charge < -0.3 is 5.32 Å². The Morgan fingerprint density at radius 3 is 2.95 bits per heavy atom. The van der Waals surface area contributed by atoms with Crippen LogP contribution in [0.3, 0.4) is 0 Å². The molecule has 1 unspecified atom stereocenters. The molecule has 3 rings (SSSR count). The highest BCUT2D eigenvalue weighted by atomic mass is 19.1. The predicted octanol–water partition coefficient (Wildman–Crippen LogP) is 3.47. The van der Waals surface area contributed by atoms with Gasteiger partial charge in [-0.05, 0) is 41.7 Å². The molecule has 0 amide bonds. The third-order valence-corrected chi connectivity index (χ3v) is 3.84. The molecule has 0 heterocycles. The van der Waals surface area contributed by atoms with Crippen LogP contribution in [0.5, 0.6) is 0 Å². The Bertz CT molecular complexity index is 673. The Hall–Kier alpha value is -2.18. The van der Waals surface area contributed by atoms with Crippen molar-refractivity contribution in [1.29, 1.82) is 5.26 Å². The van der Waals surface area contributed by atoms with Crippen LogP contribution in [0.2, 0.25) is 0 Å². The number of hydrogen-bond donors (Lipinski definition) is 1. The number of hydrogen-bond acceptors (Lipinski definition) is 2. The van der Waals surface area contributed by atoms with E-state index >= 15 is 0 Å². The lowest BCUT2D eigenvalue weighted by Crippen LogP contribution is -2.18. The zero-order valence-electron chi connectivity index (χ0n) is 11.1. The summed E-state index contributed by atoms with van der Waals surface area (Å²) in [4.78, 5) is 0. The van der Waals surface area contributed by atoms with E-state index in [0.717, 1.165) is 18.4 Å². The number of rotatable bonds is 3. The van der Waals surface area contributed by atoms with Gasteiger partial charge in [0.05, 0.1) is 5.56 Å². The van der Waals surface area contributed by atoms with E-state index in [-0.39, 0.29) is 5.56 Å². The summed E-state index contributed by atoms with van der Waals surface area (Å²) in [7, 11) is 0. The van der Waals surface area contributed by atoms with Crippen LogP contribution in [-0.4, -0.2) is 0 Å². The Morgan fingerprint density at radius 2 is 2.10 bits per heavy atom. The molecule has 0 aromatic heterocycles. The fourth-order valence-electron chi connectivity index (χ4n) is 2.78. The highest BCUT2D eigenvalue weighted by Crippen LogP contribution is 2.30. The molecule has 0 radical (unpaired) electrons. The third kappa shape index (κ3) is 2.43. The van der Waals surface area contributed by atoms with E-state index < -0.39 is 5.82 Å². The van der Waals surface area contributed by atoms with Crippen molar-refractivity contribution in [2.75, 3.05) is 0 Å². The molecule has 0 bridgehead atoms. The van der Waals surface area contributed by atoms with E-state index in [4.69, 9.17) is 5.26 Å². The fourth-order valence-corrected chi connectivity index (χ4v) is 2.78. The first-order valence-corrected chi connectivity index (χ1v) is 6.77. The molecule has 1 N–H and O–H groups in total. The molecule has 1 atom stereocenters. The molecule has 100 valence electrons. The Labute approximate surface area is 117 Å². The minimum Gasteiger partial charge on any atom is -0.306 e. The summed E-state index contributed by atoms with van der Waals surface area (Å²) in [5.41, 5.74) is 3.81. The minimum atomic E-state index is -0.456. The van der Waals surface area contributed by atoms with Gasteiger partial charge in [-0.3, -0.25) is 0 Å². The Kier molecular flexibility index (Phi) is 3.49. The van der Waals surface area contributed by atoms with E-state index in [2.05, 4.69) is 29.6 Å². The number of halogens is 1. The topological polar surface area (TPSA) is 35.8 Å². The van der Waals surface area contributed by atoms with Gasteiger partial charge in [-0.25, -0.2) is 4.39 Å². The second kappa shape index (κ2) is 5.44. The van der Waals surface area contributed by atoms with Gasteiger partial charge in [-0.15, -0.1) is 0 Å². The molecule has 3 heteroatoms. The molecule has 0 saturated heterocycles. The average Bonchev–Trinajstić information content (AvgIpc) is 2.90. The summed E-state index contributed by atoms with van der Waals surface area (Å²) in [6.07, 6.45) is 2.19. The van der Waals surface area contributed by atoms with Crippen LogP contribution in [0, 0.1) is 17.1 Å². The van der Waals surface area contributed by atoms with Gasteiger partial charge >= 0.3 is 0 Å². The maximum Gasteiger partial charge on any atom is 0.140 e. The van der Waals surface area contributed by atoms with Crippen molar-refractivity contribution in [3.63, 3.8) is 0 Å².